The van der Waals surface area contributed by atoms with Crippen LogP contribution in [-0.2, 0) is 4.79 Å². The lowest BCUT2D eigenvalue weighted by Crippen LogP contribution is -2.32. The lowest BCUT2D eigenvalue weighted by molar-refractivity contribution is -0.385. The van der Waals surface area contributed by atoms with E-state index < -0.39 is 16.7 Å². The van der Waals surface area contributed by atoms with Crippen molar-refractivity contribution in [1.82, 2.24) is 10.7 Å². The minimum Gasteiger partial charge on any atom is -0.506 e. The van der Waals surface area contributed by atoms with Gasteiger partial charge in [0.15, 0.2) is 0 Å². The molecule has 0 unspecified atom stereocenters. The van der Waals surface area contributed by atoms with E-state index in [-0.39, 0.29) is 27.2 Å². The Balaban J connectivity index is 1.86. The third kappa shape index (κ3) is 6.76. The predicted molar refractivity (Wildman–Crippen MR) is 141 cm³/mol. The van der Waals surface area contributed by atoms with Crippen LogP contribution >= 0.6 is 15.9 Å². The molecule has 11 heteroatoms. The molecule has 0 aliphatic carbocycles. The highest BCUT2D eigenvalue weighted by Crippen LogP contribution is 2.31. The number of nitrogens with one attached hydrogen (secondary N) is 2. The number of carbonyl (C=O) groups is 2. The van der Waals surface area contributed by atoms with Crippen molar-refractivity contribution in [3.05, 3.63) is 104 Å². The molecule has 0 aliphatic rings. The van der Waals surface area contributed by atoms with Crippen LogP contribution in [0, 0.1) is 10.1 Å². The number of carbonyl (C=O) groups excluding carboxylic acids is 2. The van der Waals surface area contributed by atoms with Crippen LogP contribution in [0.4, 0.5) is 11.4 Å². The molecule has 0 spiro atoms. The monoisotopic (exact) mass is 551 g/mol. The third-order valence-electron chi connectivity index (χ3n) is 4.91. The second-order valence-corrected chi connectivity index (χ2v) is 8.54. The number of hydrazone groups is 1. The van der Waals surface area contributed by atoms with Gasteiger partial charge in [-0.3, -0.25) is 19.7 Å². The molecule has 184 valence electrons. The number of non-ortho nitro benzene ring substituents is 1. The molecule has 3 aromatic rings. The van der Waals surface area contributed by atoms with Crippen LogP contribution in [0.25, 0.3) is 6.08 Å². The van der Waals surface area contributed by atoms with Crippen molar-refractivity contribution in [1.29, 1.82) is 0 Å². The summed E-state index contributed by atoms with van der Waals surface area (Å²) in [6.07, 6.45) is 2.56. The zero-order chi connectivity index (χ0) is 26.2. The van der Waals surface area contributed by atoms with Gasteiger partial charge in [-0.1, -0.05) is 30.3 Å². The van der Waals surface area contributed by atoms with Crippen LogP contribution in [-0.4, -0.2) is 42.2 Å². The smallest absolute Gasteiger partial charge is 0.287 e. The Morgan fingerprint density at radius 2 is 1.75 bits per heavy atom. The maximum atomic E-state index is 12.9. The van der Waals surface area contributed by atoms with Crippen molar-refractivity contribution in [3.63, 3.8) is 0 Å². The average Bonchev–Trinajstić information content (AvgIpc) is 2.86. The highest BCUT2D eigenvalue weighted by Gasteiger charge is 2.16. The molecule has 10 nitrogen and oxygen atoms in total. The first-order chi connectivity index (χ1) is 17.2. The van der Waals surface area contributed by atoms with Crippen LogP contribution in [0.5, 0.6) is 5.75 Å². The van der Waals surface area contributed by atoms with Crippen molar-refractivity contribution in [2.75, 3.05) is 19.0 Å². The number of nitro groups is 1. The number of phenolic OH excluding ortho intramolecular Hbond substituents is 1. The summed E-state index contributed by atoms with van der Waals surface area (Å²) in [6.45, 7) is 0. The number of hydrogen-bond donors (Lipinski definition) is 3. The Bertz CT molecular complexity index is 1340. The molecule has 2 amide bonds. The van der Waals surface area contributed by atoms with Gasteiger partial charge in [0.1, 0.15) is 11.4 Å². The summed E-state index contributed by atoms with van der Waals surface area (Å²) in [5, 5.41) is 27.6. The zero-order valence-corrected chi connectivity index (χ0v) is 20.9. The number of benzene rings is 3. The summed E-state index contributed by atoms with van der Waals surface area (Å²) in [5.74, 6) is -1.52. The quantitative estimate of drug-likeness (QED) is 0.167. The first-order valence-electron chi connectivity index (χ1n) is 10.5. The minimum atomic E-state index is -0.740. The van der Waals surface area contributed by atoms with Crippen LogP contribution in [0.2, 0.25) is 0 Å². The van der Waals surface area contributed by atoms with Crippen molar-refractivity contribution in [2.45, 2.75) is 0 Å². The number of hydrogen-bond acceptors (Lipinski definition) is 7. The van der Waals surface area contributed by atoms with E-state index in [2.05, 4.69) is 31.8 Å². The topological polar surface area (TPSA) is 137 Å². The summed E-state index contributed by atoms with van der Waals surface area (Å²) in [4.78, 5) is 38.0. The summed E-state index contributed by atoms with van der Waals surface area (Å²) >= 11 is 3.05. The molecule has 0 fully saturated rings. The van der Waals surface area contributed by atoms with E-state index >= 15 is 0 Å². The van der Waals surface area contributed by atoms with E-state index in [9.17, 15) is 24.8 Å². The normalized spacial score (nSPS) is 11.2. The lowest BCUT2D eigenvalue weighted by atomic mass is 10.1. The number of amides is 2. The zero-order valence-electron chi connectivity index (χ0n) is 19.3. The van der Waals surface area contributed by atoms with Crippen LogP contribution in [0.15, 0.2) is 82.0 Å². The largest absolute Gasteiger partial charge is 0.506 e. The molecule has 0 heterocycles. The van der Waals surface area contributed by atoms with Crippen molar-refractivity contribution in [2.24, 2.45) is 5.10 Å². The maximum absolute atomic E-state index is 12.9. The molecule has 0 saturated heterocycles. The SMILES string of the molecule is CN(C)c1ccc(C=C(NC(=O)c2ccccc2)C(=O)NN=Cc2cc([N+](=O)[O-])cc(Br)c2O)cc1. The van der Waals surface area contributed by atoms with Crippen molar-refractivity contribution < 1.29 is 19.6 Å². The van der Waals surface area contributed by atoms with Gasteiger partial charge < -0.3 is 15.3 Å². The summed E-state index contributed by atoms with van der Waals surface area (Å²) < 4.78 is 0.0985. The van der Waals surface area contributed by atoms with Gasteiger partial charge in [0.25, 0.3) is 17.5 Å². The maximum Gasteiger partial charge on any atom is 0.287 e. The predicted octanol–water partition coefficient (Wildman–Crippen LogP) is 4.05. The Kier molecular flexibility index (Phi) is 8.52. The first-order valence-corrected chi connectivity index (χ1v) is 11.3. The number of nitrogens with zero attached hydrogens (tertiary/aromatic N) is 3. The summed E-state index contributed by atoms with van der Waals surface area (Å²) in [7, 11) is 3.80. The van der Waals surface area contributed by atoms with E-state index in [1.165, 1.54) is 6.08 Å². The van der Waals surface area contributed by atoms with E-state index in [1.54, 1.807) is 42.5 Å². The Labute approximate surface area is 215 Å². The molecule has 36 heavy (non-hydrogen) atoms. The molecule has 0 bridgehead atoms. The van der Waals surface area contributed by atoms with Gasteiger partial charge in [0, 0.05) is 43.0 Å². The molecule has 3 aromatic carbocycles. The van der Waals surface area contributed by atoms with Crippen molar-refractivity contribution in [3.8, 4) is 5.75 Å². The Morgan fingerprint density at radius 1 is 1.08 bits per heavy atom. The third-order valence-corrected chi connectivity index (χ3v) is 5.51. The molecule has 3 rings (SSSR count). The Morgan fingerprint density at radius 3 is 2.36 bits per heavy atom. The van der Waals surface area contributed by atoms with E-state index in [0.29, 0.717) is 11.1 Å². The van der Waals surface area contributed by atoms with E-state index in [0.717, 1.165) is 24.0 Å². The molecular formula is C25H22BrN5O5. The fourth-order valence-electron chi connectivity index (χ4n) is 3.01. The highest BCUT2D eigenvalue weighted by atomic mass is 79.9. The number of nitro benzene ring substituents is 1. The average molecular weight is 552 g/mol. The van der Waals surface area contributed by atoms with Gasteiger partial charge in [-0.05, 0) is 51.8 Å². The minimum absolute atomic E-state index is 0.00880. The molecule has 0 saturated carbocycles. The van der Waals surface area contributed by atoms with Gasteiger partial charge in [0.05, 0.1) is 15.6 Å². The standard InChI is InChI=1S/C25H22BrN5O5/c1-30(2)19-10-8-16(9-11-19)12-22(28-24(33)17-6-4-3-5-7-17)25(34)29-27-15-18-13-20(31(35)36)14-21(26)23(18)32/h3-15,32H,1-2H3,(H,28,33)(H,29,34). The fraction of sp³-hybridized carbons (Fsp3) is 0.0800. The molecule has 0 aromatic heterocycles. The van der Waals surface area contributed by atoms with Crippen LogP contribution in [0.3, 0.4) is 0 Å². The molecular weight excluding hydrogens is 530 g/mol. The summed E-state index contributed by atoms with van der Waals surface area (Å²) in [6, 6.07) is 17.9. The van der Waals surface area contributed by atoms with E-state index in [1.807, 2.05) is 31.1 Å². The second-order valence-electron chi connectivity index (χ2n) is 7.69. The number of halogens is 1. The van der Waals surface area contributed by atoms with Gasteiger partial charge >= 0.3 is 0 Å². The molecule has 3 N–H and O–H groups in total. The number of aromatic hydroxyl groups is 1. The molecule has 0 radical (unpaired) electrons. The Hall–Kier alpha value is -4.51. The number of anilines is 1. The molecule has 0 aliphatic heterocycles. The van der Waals surface area contributed by atoms with Gasteiger partial charge in [-0.25, -0.2) is 5.43 Å². The van der Waals surface area contributed by atoms with Gasteiger partial charge in [-0.2, -0.15) is 5.10 Å². The fourth-order valence-corrected chi connectivity index (χ4v) is 3.47. The lowest BCUT2D eigenvalue weighted by Gasteiger charge is -2.12. The first kappa shape index (κ1) is 26.1. The van der Waals surface area contributed by atoms with Crippen LogP contribution in [0.1, 0.15) is 21.5 Å². The summed E-state index contributed by atoms with van der Waals surface area (Å²) in [5.41, 5.74) is 3.90. The van der Waals surface area contributed by atoms with Gasteiger partial charge in [-0.15, -0.1) is 0 Å². The van der Waals surface area contributed by atoms with Gasteiger partial charge in [0.2, 0.25) is 0 Å². The van der Waals surface area contributed by atoms with E-state index in [4.69, 9.17) is 0 Å². The number of rotatable bonds is 8. The van der Waals surface area contributed by atoms with Crippen LogP contribution < -0.4 is 15.6 Å². The molecule has 0 atom stereocenters. The highest BCUT2D eigenvalue weighted by molar-refractivity contribution is 9.10. The number of phenols is 1. The second kappa shape index (κ2) is 11.8. The van der Waals surface area contributed by atoms with Crippen molar-refractivity contribution >= 4 is 51.4 Å².